The zero-order valence-electron chi connectivity index (χ0n) is 18.8. The maximum atomic E-state index is 13.1. The van der Waals surface area contributed by atoms with Crippen LogP contribution in [0.2, 0.25) is 0 Å². The van der Waals surface area contributed by atoms with Crippen molar-refractivity contribution in [2.45, 2.75) is 32.1 Å². The number of rotatable bonds is 7. The first-order valence-electron chi connectivity index (χ1n) is 10.5. The molecule has 1 aliphatic rings. The van der Waals surface area contributed by atoms with Gasteiger partial charge >= 0.3 is 5.97 Å². The van der Waals surface area contributed by atoms with Crippen LogP contribution < -0.4 is 4.72 Å². The summed E-state index contributed by atoms with van der Waals surface area (Å²) in [6.07, 6.45) is 2.70. The van der Waals surface area contributed by atoms with Crippen molar-refractivity contribution < 1.29 is 22.7 Å². The van der Waals surface area contributed by atoms with Gasteiger partial charge in [-0.1, -0.05) is 36.4 Å². The SMILES string of the molecule is CCOC(=O)c1c(S(=O)(=O)NCC(=O)N2CC=C(c3ccccc3)CC2)c(C)n(C)c1C. The van der Waals surface area contributed by atoms with Crippen LogP contribution in [0.4, 0.5) is 0 Å². The Bertz CT molecular complexity index is 1150. The molecule has 172 valence electrons. The molecule has 1 amide bonds. The predicted molar refractivity (Wildman–Crippen MR) is 122 cm³/mol. The minimum atomic E-state index is -4.11. The second-order valence-corrected chi connectivity index (χ2v) is 9.37. The molecule has 0 aliphatic carbocycles. The van der Waals surface area contributed by atoms with E-state index in [0.717, 1.165) is 5.56 Å². The Morgan fingerprint density at radius 1 is 1.12 bits per heavy atom. The standard InChI is InChI=1S/C23H29N3O5S/c1-5-31-23(28)21-16(2)25(4)17(3)22(21)32(29,30)24-15-20(27)26-13-11-19(12-14-26)18-9-7-6-8-10-18/h6-11,24H,5,12-15H2,1-4H3. The second kappa shape index (κ2) is 9.70. The first-order chi connectivity index (χ1) is 15.2. The summed E-state index contributed by atoms with van der Waals surface area (Å²) >= 11 is 0. The van der Waals surface area contributed by atoms with Gasteiger partial charge in [0, 0.05) is 31.5 Å². The average molecular weight is 460 g/mol. The molecule has 0 bridgehead atoms. The number of ether oxygens (including phenoxy) is 1. The lowest BCUT2D eigenvalue weighted by Crippen LogP contribution is -2.42. The molecule has 8 nitrogen and oxygen atoms in total. The van der Waals surface area contributed by atoms with Gasteiger partial charge in [0.15, 0.2) is 0 Å². The van der Waals surface area contributed by atoms with Gasteiger partial charge in [-0.15, -0.1) is 0 Å². The van der Waals surface area contributed by atoms with Crippen LogP contribution in [0.1, 0.15) is 40.7 Å². The Labute approximate surface area is 188 Å². The number of carbonyl (C=O) groups is 2. The summed E-state index contributed by atoms with van der Waals surface area (Å²) in [7, 11) is -2.43. The fourth-order valence-electron chi connectivity index (χ4n) is 3.84. The smallest absolute Gasteiger partial charge is 0.341 e. The number of carbonyl (C=O) groups excluding carboxylic acids is 2. The van der Waals surface area contributed by atoms with Gasteiger partial charge in [-0.3, -0.25) is 4.79 Å². The molecule has 0 radical (unpaired) electrons. The molecule has 9 heteroatoms. The molecular formula is C23H29N3O5S. The third-order valence-corrected chi connectivity index (χ3v) is 7.35. The first-order valence-corrected chi connectivity index (χ1v) is 12.0. The van der Waals surface area contributed by atoms with Crippen LogP contribution in [0.5, 0.6) is 0 Å². The molecule has 1 aromatic carbocycles. The minimum Gasteiger partial charge on any atom is -0.462 e. The summed E-state index contributed by atoms with van der Waals surface area (Å²) in [5.74, 6) is -1.02. The van der Waals surface area contributed by atoms with E-state index in [1.165, 1.54) is 5.57 Å². The molecule has 2 aromatic rings. The van der Waals surface area contributed by atoms with Crippen molar-refractivity contribution >= 4 is 27.5 Å². The van der Waals surface area contributed by atoms with E-state index in [1.807, 2.05) is 36.4 Å². The Morgan fingerprint density at radius 3 is 2.41 bits per heavy atom. The largest absolute Gasteiger partial charge is 0.462 e. The van der Waals surface area contributed by atoms with Crippen molar-refractivity contribution in [2.75, 3.05) is 26.2 Å². The lowest BCUT2D eigenvalue weighted by molar-refractivity contribution is -0.129. The lowest BCUT2D eigenvalue weighted by Gasteiger charge is -2.27. The molecule has 0 saturated heterocycles. The van der Waals surface area contributed by atoms with Crippen LogP contribution in [0.3, 0.4) is 0 Å². The summed E-state index contributed by atoms with van der Waals surface area (Å²) in [4.78, 5) is 26.6. The highest BCUT2D eigenvalue weighted by Gasteiger charge is 2.32. The van der Waals surface area contributed by atoms with Gasteiger partial charge in [-0.2, -0.15) is 0 Å². The summed E-state index contributed by atoms with van der Waals surface area (Å²) in [6, 6.07) is 9.96. The van der Waals surface area contributed by atoms with Crippen molar-refractivity contribution in [3.63, 3.8) is 0 Å². The number of benzene rings is 1. The van der Waals surface area contributed by atoms with Crippen molar-refractivity contribution in [3.8, 4) is 0 Å². The molecule has 0 spiro atoms. The van der Waals surface area contributed by atoms with Crippen LogP contribution >= 0.6 is 0 Å². The van der Waals surface area contributed by atoms with Crippen molar-refractivity contribution in [1.82, 2.24) is 14.2 Å². The van der Waals surface area contributed by atoms with Crippen LogP contribution in [-0.4, -0.2) is 56.0 Å². The van der Waals surface area contributed by atoms with Gasteiger partial charge < -0.3 is 14.2 Å². The Hall–Kier alpha value is -2.91. The predicted octanol–water partition coefficient (Wildman–Crippen LogP) is 2.41. The second-order valence-electron chi connectivity index (χ2n) is 7.66. The minimum absolute atomic E-state index is 0.000192. The van der Waals surface area contributed by atoms with E-state index in [0.29, 0.717) is 30.9 Å². The normalized spacial score (nSPS) is 14.2. The number of nitrogens with one attached hydrogen (secondary N) is 1. The van der Waals surface area contributed by atoms with E-state index in [1.54, 1.807) is 37.3 Å². The molecule has 1 aromatic heterocycles. The summed E-state index contributed by atoms with van der Waals surface area (Å²) in [5.41, 5.74) is 3.19. The zero-order valence-corrected chi connectivity index (χ0v) is 19.7. The number of amides is 1. The molecule has 0 fully saturated rings. The highest BCUT2D eigenvalue weighted by atomic mass is 32.2. The van der Waals surface area contributed by atoms with Crippen LogP contribution in [0, 0.1) is 13.8 Å². The zero-order chi connectivity index (χ0) is 23.5. The lowest BCUT2D eigenvalue weighted by atomic mass is 9.99. The fraction of sp³-hybridized carbons (Fsp3) is 0.391. The monoisotopic (exact) mass is 459 g/mol. The maximum absolute atomic E-state index is 13.1. The van der Waals surface area contributed by atoms with Gasteiger partial charge in [0.1, 0.15) is 10.5 Å². The van der Waals surface area contributed by atoms with E-state index < -0.39 is 16.0 Å². The number of hydrogen-bond acceptors (Lipinski definition) is 5. The van der Waals surface area contributed by atoms with E-state index >= 15 is 0 Å². The molecule has 3 rings (SSSR count). The molecule has 1 N–H and O–H groups in total. The average Bonchev–Trinajstić information content (AvgIpc) is 3.03. The van der Waals surface area contributed by atoms with Gasteiger partial charge in [0.2, 0.25) is 15.9 Å². The number of esters is 1. The van der Waals surface area contributed by atoms with Crippen LogP contribution in [0.15, 0.2) is 41.3 Å². The summed E-state index contributed by atoms with van der Waals surface area (Å²) < 4.78 is 35.2. The van der Waals surface area contributed by atoms with E-state index in [2.05, 4.69) is 4.72 Å². The molecule has 0 saturated carbocycles. The number of sulfonamides is 1. The third kappa shape index (κ3) is 4.78. The van der Waals surface area contributed by atoms with Gasteiger partial charge in [-0.25, -0.2) is 17.9 Å². The number of nitrogens with zero attached hydrogens (tertiary/aromatic N) is 2. The summed E-state index contributed by atoms with van der Waals surface area (Å²) in [5, 5.41) is 0. The van der Waals surface area contributed by atoms with Crippen LogP contribution in [0.25, 0.3) is 5.57 Å². The molecule has 2 heterocycles. The van der Waals surface area contributed by atoms with Gasteiger partial charge in [0.05, 0.1) is 13.2 Å². The molecule has 32 heavy (non-hydrogen) atoms. The molecular weight excluding hydrogens is 430 g/mol. The topological polar surface area (TPSA) is 97.7 Å². The van der Waals surface area contributed by atoms with E-state index in [9.17, 15) is 18.0 Å². The van der Waals surface area contributed by atoms with E-state index in [-0.39, 0.29) is 29.5 Å². The van der Waals surface area contributed by atoms with Crippen molar-refractivity contribution in [2.24, 2.45) is 7.05 Å². The number of hydrogen-bond donors (Lipinski definition) is 1. The van der Waals surface area contributed by atoms with Crippen molar-refractivity contribution in [3.05, 3.63) is 58.9 Å². The third-order valence-electron chi connectivity index (χ3n) is 5.79. The number of aromatic nitrogens is 1. The van der Waals surface area contributed by atoms with Gasteiger partial charge in [0.25, 0.3) is 0 Å². The van der Waals surface area contributed by atoms with Crippen molar-refractivity contribution in [1.29, 1.82) is 0 Å². The highest BCUT2D eigenvalue weighted by Crippen LogP contribution is 2.27. The quantitative estimate of drug-likeness (QED) is 0.642. The molecule has 0 atom stereocenters. The first kappa shape index (κ1) is 23.7. The summed E-state index contributed by atoms with van der Waals surface area (Å²) in [6.45, 7) is 5.61. The van der Waals surface area contributed by atoms with Gasteiger partial charge in [-0.05, 0) is 38.3 Å². The molecule has 1 aliphatic heterocycles. The Morgan fingerprint density at radius 2 is 1.81 bits per heavy atom. The maximum Gasteiger partial charge on any atom is 0.341 e. The van der Waals surface area contributed by atoms with Crippen LogP contribution in [-0.2, 0) is 26.6 Å². The Balaban J connectivity index is 1.72. The fourth-order valence-corrected chi connectivity index (χ4v) is 5.32. The molecule has 0 unspecified atom stereocenters. The Kier molecular flexibility index (Phi) is 7.20. The highest BCUT2D eigenvalue weighted by molar-refractivity contribution is 7.89. The van der Waals surface area contributed by atoms with E-state index in [4.69, 9.17) is 4.74 Å².